The van der Waals surface area contributed by atoms with E-state index in [9.17, 15) is 8.63 Å². The molecule has 3 rings (SSSR count). The molecule has 26 heavy (non-hydrogen) atoms. The maximum atomic E-state index is 13.3. The van der Waals surface area contributed by atoms with Crippen LogP contribution in [0, 0.1) is 0 Å². The summed E-state index contributed by atoms with van der Waals surface area (Å²) < 4.78 is 26.7. The average molecular weight is 351 g/mol. The van der Waals surface area contributed by atoms with E-state index >= 15 is 0 Å². The Balaban J connectivity index is 1.67. The standard InChI is InChI=1S/C21H21BF2N2/c1-2-20-14-15-21(26(20)22(23)24)16-19-13-12-18(25-19)11-7-6-10-17-8-4-3-5-9-17/h3-16,20,25H,2H2,1H3/p+1/b10-6+,11-7+,21-16-. The molecule has 2 heterocycles. The zero-order valence-electron chi connectivity index (χ0n) is 14.7. The number of quaternary nitrogens is 1. The highest BCUT2D eigenvalue weighted by Gasteiger charge is 2.43. The third-order valence-corrected chi connectivity index (χ3v) is 4.43. The van der Waals surface area contributed by atoms with Crippen LogP contribution in [0.3, 0.4) is 0 Å². The van der Waals surface area contributed by atoms with Gasteiger partial charge in [0, 0.05) is 17.5 Å². The monoisotopic (exact) mass is 351 g/mol. The first kappa shape index (κ1) is 18.1. The lowest BCUT2D eigenvalue weighted by Crippen LogP contribution is -3.16. The highest BCUT2D eigenvalue weighted by Crippen LogP contribution is 2.12. The smallest absolute Gasteiger partial charge is 0.355 e. The number of aromatic amines is 1. The van der Waals surface area contributed by atoms with Crippen molar-refractivity contribution < 1.29 is 13.4 Å². The molecule has 5 heteroatoms. The van der Waals surface area contributed by atoms with Crippen LogP contribution < -0.4 is 4.81 Å². The van der Waals surface area contributed by atoms with Crippen LogP contribution in [0.15, 0.2) is 72.5 Å². The van der Waals surface area contributed by atoms with E-state index in [1.165, 1.54) is 0 Å². The summed E-state index contributed by atoms with van der Waals surface area (Å²) in [5, 5.41) is 0. The topological polar surface area (TPSA) is 20.2 Å². The van der Waals surface area contributed by atoms with E-state index in [1.807, 2.05) is 79.8 Å². The van der Waals surface area contributed by atoms with Crippen molar-refractivity contribution in [3.8, 4) is 0 Å². The van der Waals surface area contributed by atoms with Crippen molar-refractivity contribution in [2.75, 3.05) is 0 Å². The minimum atomic E-state index is -2.42. The fourth-order valence-electron chi connectivity index (χ4n) is 3.08. The summed E-state index contributed by atoms with van der Waals surface area (Å²) in [7, 11) is -2.42. The number of aromatic nitrogens is 1. The summed E-state index contributed by atoms with van der Waals surface area (Å²) in [5.41, 5.74) is 3.52. The van der Waals surface area contributed by atoms with Crippen molar-refractivity contribution in [3.63, 3.8) is 0 Å². The van der Waals surface area contributed by atoms with Gasteiger partial charge in [0.15, 0.2) is 0 Å². The van der Waals surface area contributed by atoms with Crippen molar-refractivity contribution in [1.82, 2.24) is 4.98 Å². The number of halogens is 2. The Morgan fingerprint density at radius 2 is 1.77 bits per heavy atom. The van der Waals surface area contributed by atoms with E-state index in [0.717, 1.165) is 17.0 Å². The fraction of sp³-hybridized carbons (Fsp3) is 0.143. The lowest BCUT2D eigenvalue weighted by Gasteiger charge is -2.17. The number of hydrogen-bond donors (Lipinski definition) is 2. The summed E-state index contributed by atoms with van der Waals surface area (Å²) in [6.07, 6.45) is 14.1. The zero-order chi connectivity index (χ0) is 18.4. The summed E-state index contributed by atoms with van der Waals surface area (Å²) in [4.78, 5) is 3.47. The lowest BCUT2D eigenvalue weighted by atomic mass is 10.1. The second-order valence-electron chi connectivity index (χ2n) is 6.23. The Morgan fingerprint density at radius 3 is 2.50 bits per heavy atom. The van der Waals surface area contributed by atoms with Crippen LogP contribution >= 0.6 is 0 Å². The van der Waals surface area contributed by atoms with Gasteiger partial charge in [0.25, 0.3) is 0 Å². The molecule has 132 valence electrons. The molecule has 1 aromatic carbocycles. The second-order valence-corrected chi connectivity index (χ2v) is 6.23. The number of benzene rings is 1. The van der Waals surface area contributed by atoms with Gasteiger partial charge in [0.05, 0.1) is 6.04 Å². The van der Waals surface area contributed by atoms with Crippen molar-refractivity contribution in [2.45, 2.75) is 19.4 Å². The molecule has 0 bridgehead atoms. The Morgan fingerprint density at radius 1 is 1.04 bits per heavy atom. The third kappa shape index (κ3) is 4.49. The van der Waals surface area contributed by atoms with Crippen molar-refractivity contribution in [3.05, 3.63) is 89.4 Å². The molecule has 0 saturated carbocycles. The number of hydrogen-bond acceptors (Lipinski definition) is 0. The zero-order valence-corrected chi connectivity index (χ0v) is 14.7. The molecule has 1 aliphatic heterocycles. The maximum Gasteiger partial charge on any atom is 0.847 e. The van der Waals surface area contributed by atoms with Gasteiger partial charge in [0.1, 0.15) is 5.70 Å². The molecule has 1 aromatic heterocycles. The quantitative estimate of drug-likeness (QED) is 0.574. The normalized spacial score (nSPS) is 21.4. The molecular formula is C21H22BF2N2+. The van der Waals surface area contributed by atoms with Gasteiger partial charge in [-0.15, -0.1) is 0 Å². The van der Waals surface area contributed by atoms with Gasteiger partial charge >= 0.3 is 7.40 Å². The maximum absolute atomic E-state index is 13.3. The average Bonchev–Trinajstić information content (AvgIpc) is 3.26. The van der Waals surface area contributed by atoms with Crippen LogP contribution in [-0.2, 0) is 0 Å². The van der Waals surface area contributed by atoms with Crippen molar-refractivity contribution in [1.29, 1.82) is 0 Å². The van der Waals surface area contributed by atoms with E-state index in [0.29, 0.717) is 12.1 Å². The molecule has 2 N–H and O–H groups in total. The van der Waals surface area contributed by atoms with Gasteiger partial charge in [-0.25, -0.2) is 8.63 Å². The third-order valence-electron chi connectivity index (χ3n) is 4.43. The number of nitrogens with one attached hydrogen (secondary N) is 2. The first-order chi connectivity index (χ1) is 12.7. The van der Waals surface area contributed by atoms with Crippen molar-refractivity contribution in [2.24, 2.45) is 0 Å². The summed E-state index contributed by atoms with van der Waals surface area (Å²) >= 11 is 0. The largest absolute Gasteiger partial charge is 0.847 e. The minimum Gasteiger partial charge on any atom is -0.355 e. The summed E-state index contributed by atoms with van der Waals surface area (Å²) in [6, 6.07) is 13.8. The van der Waals surface area contributed by atoms with Gasteiger partial charge in [-0.1, -0.05) is 55.5 Å². The first-order valence-corrected chi connectivity index (χ1v) is 8.81. The van der Waals surface area contributed by atoms with Crippen LogP contribution in [0.4, 0.5) is 8.63 Å². The predicted octanol–water partition coefficient (Wildman–Crippen LogP) is 4.24. The molecule has 2 atom stereocenters. The van der Waals surface area contributed by atoms with Crippen LogP contribution in [0.1, 0.15) is 30.3 Å². The molecule has 2 aromatic rings. The Bertz CT molecular complexity index is 835. The molecule has 0 radical (unpaired) electrons. The highest BCUT2D eigenvalue weighted by molar-refractivity contribution is 6.32. The van der Waals surface area contributed by atoms with Gasteiger partial charge < -0.3 is 9.79 Å². The molecule has 0 spiro atoms. The fourth-order valence-corrected chi connectivity index (χ4v) is 3.08. The molecule has 1 aliphatic rings. The minimum absolute atomic E-state index is 0.154. The van der Waals surface area contributed by atoms with Crippen LogP contribution in [0.2, 0.25) is 0 Å². The molecule has 0 saturated heterocycles. The molecule has 0 aliphatic carbocycles. The summed E-state index contributed by atoms with van der Waals surface area (Å²) in [6.45, 7) is 1.93. The van der Waals surface area contributed by atoms with Gasteiger partial charge in [-0.2, -0.15) is 0 Å². The van der Waals surface area contributed by atoms with E-state index in [4.69, 9.17) is 0 Å². The lowest BCUT2D eigenvalue weighted by molar-refractivity contribution is -0.771. The Kier molecular flexibility index (Phi) is 6.02. The number of allylic oxidation sites excluding steroid dienone is 3. The van der Waals surface area contributed by atoms with Gasteiger partial charge in [-0.05, 0) is 42.3 Å². The predicted molar refractivity (Wildman–Crippen MR) is 105 cm³/mol. The van der Waals surface area contributed by atoms with Gasteiger partial charge in [0.2, 0.25) is 0 Å². The van der Waals surface area contributed by atoms with E-state index in [1.54, 1.807) is 12.2 Å². The van der Waals surface area contributed by atoms with E-state index in [-0.39, 0.29) is 10.9 Å². The highest BCUT2D eigenvalue weighted by atomic mass is 19.2. The van der Waals surface area contributed by atoms with Crippen molar-refractivity contribution >= 4 is 25.6 Å². The van der Waals surface area contributed by atoms with E-state index < -0.39 is 7.40 Å². The van der Waals surface area contributed by atoms with Crippen LogP contribution in [0.5, 0.6) is 0 Å². The molecule has 0 amide bonds. The van der Waals surface area contributed by atoms with Gasteiger partial charge in [-0.3, -0.25) is 0 Å². The van der Waals surface area contributed by atoms with Crippen LogP contribution in [-0.4, -0.2) is 18.4 Å². The second kappa shape index (κ2) is 8.63. The van der Waals surface area contributed by atoms with Crippen LogP contribution in [0.25, 0.3) is 18.2 Å². The molecule has 0 fully saturated rings. The Hall–Kier alpha value is -2.66. The Labute approximate surface area is 153 Å². The number of H-pyrrole nitrogens is 1. The van der Waals surface area contributed by atoms with E-state index in [2.05, 4.69) is 4.98 Å². The summed E-state index contributed by atoms with van der Waals surface area (Å²) in [5.74, 6) is 0. The molecular weight excluding hydrogens is 329 g/mol. The molecule has 2 nitrogen and oxygen atoms in total. The molecule has 2 unspecified atom stereocenters. The SMILES string of the molecule is CCC1C=C/C(=C/c2ccc(/C=C/C=C/c3ccccc3)[nH]2)[NH+]1B(F)F. The first-order valence-electron chi connectivity index (χ1n) is 8.81. The number of rotatable bonds is 6.